The van der Waals surface area contributed by atoms with Gasteiger partial charge in [0.2, 0.25) is 11.8 Å². The molecule has 0 spiro atoms. The number of carbonyl (C=O) groups is 2. The zero-order valence-corrected chi connectivity index (χ0v) is 16.3. The number of carbonyl (C=O) groups excluding carboxylic acids is 2. The summed E-state index contributed by atoms with van der Waals surface area (Å²) in [5.41, 5.74) is 3.39. The Morgan fingerprint density at radius 1 is 1.04 bits per heavy atom. The zero-order valence-electron chi connectivity index (χ0n) is 16.3. The summed E-state index contributed by atoms with van der Waals surface area (Å²) in [5.74, 6) is 0.747. The van der Waals surface area contributed by atoms with Gasteiger partial charge in [0.25, 0.3) is 0 Å². The predicted octanol–water partition coefficient (Wildman–Crippen LogP) is 3.10. The van der Waals surface area contributed by atoms with Gasteiger partial charge in [-0.15, -0.1) is 0 Å². The molecule has 144 valence electrons. The number of rotatable bonds is 9. The van der Waals surface area contributed by atoms with Gasteiger partial charge in [0.1, 0.15) is 5.75 Å². The average Bonchev–Trinajstić information content (AvgIpc) is 2.67. The van der Waals surface area contributed by atoms with Crippen LogP contribution in [-0.4, -0.2) is 36.9 Å². The monoisotopic (exact) mass is 368 g/mol. The van der Waals surface area contributed by atoms with Gasteiger partial charge in [-0.25, -0.2) is 0 Å². The molecule has 0 aromatic heterocycles. The van der Waals surface area contributed by atoms with Gasteiger partial charge < -0.3 is 15.0 Å². The summed E-state index contributed by atoms with van der Waals surface area (Å²) in [7, 11) is 1.64. The molecule has 0 aliphatic rings. The highest BCUT2D eigenvalue weighted by Gasteiger charge is 2.11. The van der Waals surface area contributed by atoms with Crippen molar-refractivity contribution in [2.45, 2.75) is 33.2 Å². The maximum Gasteiger partial charge on any atom is 0.222 e. The third-order valence-corrected chi connectivity index (χ3v) is 4.62. The Morgan fingerprint density at radius 2 is 1.74 bits per heavy atom. The molecule has 0 atom stereocenters. The number of methoxy groups -OCH3 is 1. The molecule has 0 radical (unpaired) electrons. The van der Waals surface area contributed by atoms with Crippen LogP contribution < -0.4 is 10.1 Å². The Hall–Kier alpha value is -2.82. The maximum atomic E-state index is 12.1. The molecule has 0 fully saturated rings. The van der Waals surface area contributed by atoms with Crippen LogP contribution in [0.15, 0.2) is 48.5 Å². The number of ether oxygens (including phenoxy) is 1. The van der Waals surface area contributed by atoms with Gasteiger partial charge in [-0.1, -0.05) is 36.4 Å². The molecule has 0 saturated carbocycles. The summed E-state index contributed by atoms with van der Waals surface area (Å²) < 4.78 is 5.15. The van der Waals surface area contributed by atoms with E-state index in [1.807, 2.05) is 55.5 Å². The standard InChI is InChI=1S/C22H28N2O3/c1-17-6-4-5-7-20(17)16-23-22(26)13-15-24(18(2)25)14-12-19-8-10-21(27-3)11-9-19/h4-11H,12-16H2,1-3H3,(H,23,26). The van der Waals surface area contributed by atoms with Crippen molar-refractivity contribution < 1.29 is 14.3 Å². The quantitative estimate of drug-likeness (QED) is 0.740. The Morgan fingerprint density at radius 3 is 2.37 bits per heavy atom. The lowest BCUT2D eigenvalue weighted by Crippen LogP contribution is -2.35. The molecule has 5 heteroatoms. The van der Waals surface area contributed by atoms with E-state index in [0.717, 1.165) is 28.9 Å². The van der Waals surface area contributed by atoms with E-state index in [1.165, 1.54) is 0 Å². The third-order valence-electron chi connectivity index (χ3n) is 4.62. The highest BCUT2D eigenvalue weighted by atomic mass is 16.5. The topological polar surface area (TPSA) is 58.6 Å². The largest absolute Gasteiger partial charge is 0.497 e. The molecule has 2 aromatic rings. The molecule has 5 nitrogen and oxygen atoms in total. The minimum Gasteiger partial charge on any atom is -0.497 e. The number of hydrogen-bond donors (Lipinski definition) is 1. The van der Waals surface area contributed by atoms with E-state index in [2.05, 4.69) is 5.32 Å². The minimum absolute atomic E-state index is 0.0183. The van der Waals surface area contributed by atoms with Crippen molar-refractivity contribution in [3.63, 3.8) is 0 Å². The van der Waals surface area contributed by atoms with Crippen LogP contribution in [0.4, 0.5) is 0 Å². The predicted molar refractivity (Wildman–Crippen MR) is 107 cm³/mol. The first-order chi connectivity index (χ1) is 13.0. The summed E-state index contributed by atoms with van der Waals surface area (Å²) in [4.78, 5) is 25.7. The first kappa shape index (κ1) is 20.5. The second-order valence-corrected chi connectivity index (χ2v) is 6.56. The van der Waals surface area contributed by atoms with Gasteiger partial charge in [-0.05, 0) is 42.2 Å². The average molecular weight is 368 g/mol. The number of nitrogens with one attached hydrogen (secondary N) is 1. The number of amides is 2. The number of aryl methyl sites for hydroxylation is 1. The lowest BCUT2D eigenvalue weighted by Gasteiger charge is -2.21. The Bertz CT molecular complexity index is 756. The summed E-state index contributed by atoms with van der Waals surface area (Å²) >= 11 is 0. The van der Waals surface area contributed by atoms with Crippen molar-refractivity contribution in [3.8, 4) is 5.75 Å². The van der Waals surface area contributed by atoms with Gasteiger partial charge in [0, 0.05) is 33.0 Å². The van der Waals surface area contributed by atoms with E-state index < -0.39 is 0 Å². The van der Waals surface area contributed by atoms with Crippen LogP contribution in [0.3, 0.4) is 0 Å². The van der Waals surface area contributed by atoms with Gasteiger partial charge >= 0.3 is 0 Å². The van der Waals surface area contributed by atoms with Crippen LogP contribution >= 0.6 is 0 Å². The van der Waals surface area contributed by atoms with Crippen LogP contribution in [0, 0.1) is 6.92 Å². The van der Waals surface area contributed by atoms with Crippen LogP contribution in [0.2, 0.25) is 0 Å². The minimum atomic E-state index is -0.0473. The molecule has 2 amide bonds. The maximum absolute atomic E-state index is 12.1. The van der Waals surface area contributed by atoms with Crippen molar-refractivity contribution in [2.24, 2.45) is 0 Å². The molecular weight excluding hydrogens is 340 g/mol. The van der Waals surface area contributed by atoms with Crippen molar-refractivity contribution in [2.75, 3.05) is 20.2 Å². The summed E-state index contributed by atoms with van der Waals surface area (Å²) in [6.45, 7) is 5.09. The Kier molecular flexibility index (Phi) is 7.86. The molecular formula is C22H28N2O3. The van der Waals surface area contributed by atoms with E-state index in [4.69, 9.17) is 4.74 Å². The first-order valence-electron chi connectivity index (χ1n) is 9.19. The normalized spacial score (nSPS) is 10.3. The van der Waals surface area contributed by atoms with Gasteiger partial charge in [0.05, 0.1) is 7.11 Å². The third kappa shape index (κ3) is 6.77. The second kappa shape index (κ2) is 10.4. The lowest BCUT2D eigenvalue weighted by molar-refractivity contribution is -0.129. The number of hydrogen-bond acceptors (Lipinski definition) is 3. The van der Waals surface area contributed by atoms with Crippen molar-refractivity contribution in [3.05, 3.63) is 65.2 Å². The van der Waals surface area contributed by atoms with Crippen LogP contribution in [0.1, 0.15) is 30.0 Å². The first-order valence-corrected chi connectivity index (χ1v) is 9.19. The fraction of sp³-hybridized carbons (Fsp3) is 0.364. The highest BCUT2D eigenvalue weighted by Crippen LogP contribution is 2.12. The fourth-order valence-corrected chi connectivity index (χ4v) is 2.81. The van der Waals surface area contributed by atoms with E-state index in [0.29, 0.717) is 26.1 Å². The molecule has 0 unspecified atom stereocenters. The summed E-state index contributed by atoms with van der Waals surface area (Å²) in [6.07, 6.45) is 1.04. The molecule has 0 aliphatic heterocycles. The summed E-state index contributed by atoms with van der Waals surface area (Å²) in [6, 6.07) is 15.8. The van der Waals surface area contributed by atoms with Crippen molar-refractivity contribution in [1.29, 1.82) is 0 Å². The zero-order chi connectivity index (χ0) is 19.6. The van der Waals surface area contributed by atoms with Gasteiger partial charge in [-0.3, -0.25) is 9.59 Å². The molecule has 2 rings (SSSR count). The van der Waals surface area contributed by atoms with Gasteiger partial charge in [-0.2, -0.15) is 0 Å². The smallest absolute Gasteiger partial charge is 0.222 e. The lowest BCUT2D eigenvalue weighted by atomic mass is 10.1. The molecule has 27 heavy (non-hydrogen) atoms. The SMILES string of the molecule is COc1ccc(CCN(CCC(=O)NCc2ccccc2C)C(C)=O)cc1. The van der Waals surface area contributed by atoms with Gasteiger partial charge in [0.15, 0.2) is 0 Å². The van der Waals surface area contributed by atoms with E-state index in [9.17, 15) is 9.59 Å². The van der Waals surface area contributed by atoms with Crippen LogP contribution in [-0.2, 0) is 22.6 Å². The molecule has 0 bridgehead atoms. The molecule has 1 N–H and O–H groups in total. The van der Waals surface area contributed by atoms with Crippen molar-refractivity contribution >= 4 is 11.8 Å². The Labute approximate surface area is 161 Å². The molecule has 0 aliphatic carbocycles. The van der Waals surface area contributed by atoms with Crippen LogP contribution in [0.5, 0.6) is 5.75 Å². The van der Waals surface area contributed by atoms with Crippen molar-refractivity contribution in [1.82, 2.24) is 10.2 Å². The molecule has 2 aromatic carbocycles. The highest BCUT2D eigenvalue weighted by molar-refractivity contribution is 5.78. The molecule has 0 heterocycles. The second-order valence-electron chi connectivity index (χ2n) is 6.56. The van der Waals surface area contributed by atoms with Crippen LogP contribution in [0.25, 0.3) is 0 Å². The molecule has 0 saturated heterocycles. The van der Waals surface area contributed by atoms with E-state index in [1.54, 1.807) is 18.9 Å². The Balaban J connectivity index is 1.78. The van der Waals surface area contributed by atoms with E-state index in [-0.39, 0.29) is 11.8 Å². The number of nitrogens with zero attached hydrogens (tertiary/aromatic N) is 1. The number of benzene rings is 2. The van der Waals surface area contributed by atoms with E-state index >= 15 is 0 Å². The summed E-state index contributed by atoms with van der Waals surface area (Å²) in [5, 5.41) is 2.93. The fourth-order valence-electron chi connectivity index (χ4n) is 2.81.